The van der Waals surface area contributed by atoms with Crippen molar-refractivity contribution in [2.45, 2.75) is 37.6 Å². The van der Waals surface area contributed by atoms with Crippen molar-refractivity contribution in [1.29, 1.82) is 0 Å². The molecular weight excluding hydrogens is 268 g/mol. The highest BCUT2D eigenvalue weighted by atomic mass is 32.2. The number of amidine groups is 1. The Balaban J connectivity index is 1.50. The first-order valence-corrected chi connectivity index (χ1v) is 8.37. The summed E-state index contributed by atoms with van der Waals surface area (Å²) in [5.74, 6) is 2.12. The van der Waals surface area contributed by atoms with Crippen LogP contribution in [0.25, 0.3) is 0 Å². The highest BCUT2D eigenvalue weighted by Crippen LogP contribution is 2.37. The first-order valence-electron chi connectivity index (χ1n) is 7.38. The molecule has 1 aromatic carbocycles. The number of thioether (sulfide) groups is 1. The number of hydrogen-bond donors (Lipinski definition) is 1. The number of methoxy groups -OCH3 is 1. The Morgan fingerprint density at radius 2 is 2.00 bits per heavy atom. The molecule has 2 fully saturated rings. The Morgan fingerprint density at radius 1 is 1.25 bits per heavy atom. The molecular formula is C16H22N2OS. The molecule has 1 aromatic rings. The van der Waals surface area contributed by atoms with Gasteiger partial charge in [0.25, 0.3) is 0 Å². The van der Waals surface area contributed by atoms with E-state index in [1.54, 1.807) is 7.11 Å². The summed E-state index contributed by atoms with van der Waals surface area (Å²) < 4.78 is 5.17. The summed E-state index contributed by atoms with van der Waals surface area (Å²) in [5.41, 5.74) is 1.69. The van der Waals surface area contributed by atoms with Gasteiger partial charge >= 0.3 is 0 Å². The number of nitrogens with one attached hydrogen (secondary N) is 1. The van der Waals surface area contributed by atoms with Gasteiger partial charge in [-0.15, -0.1) is 0 Å². The largest absolute Gasteiger partial charge is 0.497 e. The number of hydrogen-bond acceptors (Lipinski definition) is 3. The molecule has 2 aliphatic rings. The minimum Gasteiger partial charge on any atom is -0.497 e. The minimum absolute atomic E-state index is 0.379. The molecule has 4 heteroatoms. The first-order chi connectivity index (χ1) is 9.80. The van der Waals surface area contributed by atoms with E-state index < -0.39 is 0 Å². The number of ether oxygens (including phenoxy) is 1. The van der Waals surface area contributed by atoms with Gasteiger partial charge in [0, 0.05) is 17.8 Å². The van der Waals surface area contributed by atoms with Crippen LogP contribution in [-0.4, -0.2) is 30.1 Å². The van der Waals surface area contributed by atoms with Crippen LogP contribution in [0, 0.1) is 0 Å². The summed E-state index contributed by atoms with van der Waals surface area (Å²) >= 11 is 1.90. The lowest BCUT2D eigenvalue weighted by Gasteiger charge is -2.21. The monoisotopic (exact) mass is 290 g/mol. The van der Waals surface area contributed by atoms with Gasteiger partial charge in [-0.2, -0.15) is 0 Å². The van der Waals surface area contributed by atoms with Crippen molar-refractivity contribution in [2.75, 3.05) is 19.4 Å². The summed E-state index contributed by atoms with van der Waals surface area (Å²) in [6.07, 6.45) is 6.36. The van der Waals surface area contributed by atoms with Crippen molar-refractivity contribution < 1.29 is 4.74 Å². The average Bonchev–Trinajstić information content (AvgIpc) is 3.10. The van der Waals surface area contributed by atoms with Gasteiger partial charge in [0.1, 0.15) is 5.75 Å². The SMILES string of the molecule is COc1ccc(CCN=C2NC3(CCCC3)CS2)cc1. The third-order valence-electron chi connectivity index (χ3n) is 4.23. The van der Waals surface area contributed by atoms with E-state index >= 15 is 0 Å². The predicted octanol–water partition coefficient (Wildman–Crippen LogP) is 3.24. The lowest BCUT2D eigenvalue weighted by molar-refractivity contribution is 0.414. The minimum atomic E-state index is 0.379. The number of benzene rings is 1. The van der Waals surface area contributed by atoms with E-state index in [1.165, 1.54) is 37.0 Å². The van der Waals surface area contributed by atoms with Crippen LogP contribution in [-0.2, 0) is 6.42 Å². The van der Waals surface area contributed by atoms with Crippen LogP contribution in [0.4, 0.5) is 0 Å². The summed E-state index contributed by atoms with van der Waals surface area (Å²) in [4.78, 5) is 4.72. The third-order valence-corrected chi connectivity index (χ3v) is 5.43. The van der Waals surface area contributed by atoms with Crippen LogP contribution in [0.5, 0.6) is 5.75 Å². The molecule has 0 atom stereocenters. The zero-order valence-electron chi connectivity index (χ0n) is 12.0. The Morgan fingerprint density at radius 3 is 2.70 bits per heavy atom. The summed E-state index contributed by atoms with van der Waals surface area (Å²) in [6, 6.07) is 8.26. The Hall–Kier alpha value is -1.16. The van der Waals surface area contributed by atoms with Gasteiger partial charge in [-0.3, -0.25) is 4.99 Å². The van der Waals surface area contributed by atoms with Gasteiger partial charge in [0.15, 0.2) is 5.17 Å². The van der Waals surface area contributed by atoms with Gasteiger partial charge in [-0.05, 0) is 37.0 Å². The molecule has 1 saturated carbocycles. The molecule has 0 amide bonds. The highest BCUT2D eigenvalue weighted by Gasteiger charge is 2.39. The van der Waals surface area contributed by atoms with Gasteiger partial charge in [-0.25, -0.2) is 0 Å². The molecule has 0 aromatic heterocycles. The van der Waals surface area contributed by atoms with Crippen LogP contribution in [0.1, 0.15) is 31.2 Å². The van der Waals surface area contributed by atoms with Crippen LogP contribution >= 0.6 is 11.8 Å². The van der Waals surface area contributed by atoms with Crippen molar-refractivity contribution in [1.82, 2.24) is 5.32 Å². The second-order valence-corrected chi connectivity index (χ2v) is 6.65. The van der Waals surface area contributed by atoms with E-state index in [-0.39, 0.29) is 0 Å². The third kappa shape index (κ3) is 3.11. The molecule has 20 heavy (non-hydrogen) atoms. The summed E-state index contributed by atoms with van der Waals surface area (Å²) in [6.45, 7) is 0.859. The van der Waals surface area contributed by atoms with E-state index in [0.717, 1.165) is 23.9 Å². The molecule has 1 spiro atoms. The van der Waals surface area contributed by atoms with E-state index in [1.807, 2.05) is 23.9 Å². The van der Waals surface area contributed by atoms with Crippen molar-refractivity contribution >= 4 is 16.9 Å². The lowest BCUT2D eigenvalue weighted by Crippen LogP contribution is -2.40. The van der Waals surface area contributed by atoms with Gasteiger partial charge in [0.2, 0.25) is 0 Å². The molecule has 1 heterocycles. The molecule has 1 saturated heterocycles. The Bertz CT molecular complexity index is 478. The molecule has 3 rings (SSSR count). The van der Waals surface area contributed by atoms with E-state index in [4.69, 9.17) is 9.73 Å². The molecule has 1 aliphatic carbocycles. The van der Waals surface area contributed by atoms with Crippen molar-refractivity contribution in [3.63, 3.8) is 0 Å². The summed E-state index contributed by atoms with van der Waals surface area (Å²) in [7, 11) is 1.70. The standard InChI is InChI=1S/C16H22N2OS/c1-19-14-6-4-13(5-7-14)8-11-17-15-18-16(12-20-15)9-2-3-10-16/h4-7H,2-3,8-12H2,1H3,(H,17,18). The Labute approximate surface area is 125 Å². The smallest absolute Gasteiger partial charge is 0.157 e. The zero-order chi connectivity index (χ0) is 13.8. The predicted molar refractivity (Wildman–Crippen MR) is 85.8 cm³/mol. The molecule has 1 aliphatic heterocycles. The van der Waals surface area contributed by atoms with Gasteiger partial charge in [0.05, 0.1) is 7.11 Å². The first kappa shape index (κ1) is 13.8. The van der Waals surface area contributed by atoms with Crippen molar-refractivity contribution in [3.8, 4) is 5.75 Å². The maximum Gasteiger partial charge on any atom is 0.157 e. The number of nitrogens with zero attached hydrogens (tertiary/aromatic N) is 1. The molecule has 3 nitrogen and oxygen atoms in total. The number of rotatable bonds is 4. The molecule has 0 bridgehead atoms. The van der Waals surface area contributed by atoms with Crippen molar-refractivity contribution in [3.05, 3.63) is 29.8 Å². The second kappa shape index (κ2) is 6.08. The molecule has 0 unspecified atom stereocenters. The maximum atomic E-state index is 5.17. The normalized spacial score (nSPS) is 22.4. The fourth-order valence-electron chi connectivity index (χ4n) is 2.99. The second-order valence-electron chi connectivity index (χ2n) is 5.69. The van der Waals surface area contributed by atoms with Gasteiger partial charge < -0.3 is 10.1 Å². The Kier molecular flexibility index (Phi) is 4.20. The maximum absolute atomic E-state index is 5.17. The highest BCUT2D eigenvalue weighted by molar-refractivity contribution is 8.14. The molecule has 108 valence electrons. The molecule has 1 N–H and O–H groups in total. The van der Waals surface area contributed by atoms with Crippen LogP contribution in [0.15, 0.2) is 29.3 Å². The van der Waals surface area contributed by atoms with Crippen LogP contribution in [0.2, 0.25) is 0 Å². The van der Waals surface area contributed by atoms with Gasteiger partial charge in [-0.1, -0.05) is 36.7 Å². The fraction of sp³-hybridized carbons (Fsp3) is 0.562. The topological polar surface area (TPSA) is 33.6 Å². The van der Waals surface area contributed by atoms with E-state index in [2.05, 4.69) is 17.4 Å². The lowest BCUT2D eigenvalue weighted by atomic mass is 10.0. The van der Waals surface area contributed by atoms with Crippen molar-refractivity contribution in [2.24, 2.45) is 4.99 Å². The molecule has 0 radical (unpaired) electrons. The zero-order valence-corrected chi connectivity index (χ0v) is 12.8. The van der Waals surface area contributed by atoms with Crippen LogP contribution in [0.3, 0.4) is 0 Å². The van der Waals surface area contributed by atoms with E-state index in [9.17, 15) is 0 Å². The summed E-state index contributed by atoms with van der Waals surface area (Å²) in [5, 5.41) is 4.82. The number of aliphatic imine (C=N–C) groups is 1. The van der Waals surface area contributed by atoms with Crippen LogP contribution < -0.4 is 10.1 Å². The quantitative estimate of drug-likeness (QED) is 0.924. The van der Waals surface area contributed by atoms with E-state index in [0.29, 0.717) is 5.54 Å². The average molecular weight is 290 g/mol. The fourth-order valence-corrected chi connectivity index (χ4v) is 4.24.